The molecule has 2 nitrogen and oxygen atoms in total. The third-order valence-electron chi connectivity index (χ3n) is 2.99. The second kappa shape index (κ2) is 1.74. The molecule has 58 valence electrons. The molecule has 0 radical (unpaired) electrons. The fraction of sp³-hybridized carbons (Fsp3) is 1.00. The molecule has 2 fully saturated rings. The molecule has 2 rings (SSSR count). The first kappa shape index (κ1) is 6.62. The number of aliphatic hydroxyl groups is 2. The number of rotatable bonds is 0. The van der Waals surface area contributed by atoms with E-state index in [0.717, 1.165) is 24.7 Å². The van der Waals surface area contributed by atoms with Gasteiger partial charge in [-0.25, -0.2) is 0 Å². The number of fused-ring (bicyclic) bond motifs is 1. The average molecular weight is 142 g/mol. The van der Waals surface area contributed by atoms with Gasteiger partial charge >= 0.3 is 0 Å². The minimum absolute atomic E-state index is 0.476. The Hall–Kier alpha value is -0.0800. The zero-order valence-corrected chi connectivity index (χ0v) is 6.25. The molecular weight excluding hydrogens is 128 g/mol. The Morgan fingerprint density at radius 2 is 2.00 bits per heavy atom. The Morgan fingerprint density at radius 1 is 1.30 bits per heavy atom. The van der Waals surface area contributed by atoms with Gasteiger partial charge in [-0.1, -0.05) is 0 Å². The number of hydrogen-bond donors (Lipinski definition) is 2. The molecule has 2 N–H and O–H groups in total. The molecule has 0 amide bonds. The molecule has 2 heteroatoms. The van der Waals surface area contributed by atoms with Gasteiger partial charge in [-0.15, -0.1) is 0 Å². The second-order valence-electron chi connectivity index (χ2n) is 4.07. The van der Waals surface area contributed by atoms with E-state index in [-0.39, 0.29) is 0 Å². The molecule has 0 bridgehead atoms. The number of hydrogen-bond acceptors (Lipinski definition) is 2. The van der Waals surface area contributed by atoms with Crippen molar-refractivity contribution in [3.05, 3.63) is 0 Å². The van der Waals surface area contributed by atoms with Crippen LogP contribution in [-0.2, 0) is 0 Å². The predicted molar refractivity (Wildman–Crippen MR) is 37.5 cm³/mol. The summed E-state index contributed by atoms with van der Waals surface area (Å²) in [5, 5.41) is 19.0. The van der Waals surface area contributed by atoms with Gasteiger partial charge in [-0.3, -0.25) is 0 Å². The van der Waals surface area contributed by atoms with Crippen molar-refractivity contribution in [3.63, 3.8) is 0 Å². The van der Waals surface area contributed by atoms with E-state index < -0.39 is 11.7 Å². The quantitative estimate of drug-likeness (QED) is 0.518. The Kier molecular flexibility index (Phi) is 1.15. The zero-order chi connectivity index (χ0) is 7.35. The summed E-state index contributed by atoms with van der Waals surface area (Å²) in [6.07, 6.45) is 2.38. The summed E-state index contributed by atoms with van der Waals surface area (Å²) in [6, 6.07) is 0. The summed E-state index contributed by atoms with van der Waals surface area (Å²) in [5.41, 5.74) is -0.794. The predicted octanol–water partition coefficient (Wildman–Crippen LogP) is 0.528. The normalized spacial score (nSPS) is 59.7. The van der Waals surface area contributed by atoms with Crippen molar-refractivity contribution in [2.75, 3.05) is 0 Å². The fourth-order valence-corrected chi connectivity index (χ4v) is 2.06. The van der Waals surface area contributed by atoms with Gasteiger partial charge in [0.2, 0.25) is 0 Å². The standard InChI is InChI=1S/C8H14O2/c1-8(10)4-6-2-5(6)3-7(8)9/h5-7,9-10H,2-4H2,1H3/t5-,6+,7-,8+/m1/s1. The van der Waals surface area contributed by atoms with Crippen molar-refractivity contribution >= 4 is 0 Å². The van der Waals surface area contributed by atoms with Crippen LogP contribution in [0.4, 0.5) is 0 Å². The van der Waals surface area contributed by atoms with Gasteiger partial charge in [-0.05, 0) is 38.0 Å². The molecule has 10 heavy (non-hydrogen) atoms. The first-order chi connectivity index (χ1) is 4.59. The lowest BCUT2D eigenvalue weighted by Crippen LogP contribution is -2.42. The van der Waals surface area contributed by atoms with Crippen LogP contribution in [0.2, 0.25) is 0 Å². The van der Waals surface area contributed by atoms with Gasteiger partial charge < -0.3 is 10.2 Å². The molecule has 0 aromatic rings. The van der Waals surface area contributed by atoms with E-state index in [9.17, 15) is 10.2 Å². The van der Waals surface area contributed by atoms with Crippen molar-refractivity contribution in [1.82, 2.24) is 0 Å². The molecule has 0 aliphatic heterocycles. The largest absolute Gasteiger partial charge is 0.390 e. The minimum atomic E-state index is -0.794. The van der Waals surface area contributed by atoms with E-state index in [1.54, 1.807) is 6.92 Å². The highest BCUT2D eigenvalue weighted by Gasteiger charge is 2.50. The van der Waals surface area contributed by atoms with Gasteiger partial charge in [-0.2, -0.15) is 0 Å². The van der Waals surface area contributed by atoms with E-state index in [2.05, 4.69) is 0 Å². The highest BCUT2D eigenvalue weighted by atomic mass is 16.3. The summed E-state index contributed by atoms with van der Waals surface area (Å²) in [4.78, 5) is 0. The fourth-order valence-electron chi connectivity index (χ4n) is 2.06. The SMILES string of the molecule is C[C@]1(O)C[C@@H]2C[C@@H]2C[C@H]1O. The smallest absolute Gasteiger partial charge is 0.0880 e. The van der Waals surface area contributed by atoms with Crippen LogP contribution >= 0.6 is 0 Å². The summed E-state index contributed by atoms with van der Waals surface area (Å²) < 4.78 is 0. The maximum atomic E-state index is 9.59. The van der Waals surface area contributed by atoms with E-state index in [1.807, 2.05) is 0 Å². The van der Waals surface area contributed by atoms with Crippen LogP contribution in [0.1, 0.15) is 26.2 Å². The summed E-state index contributed by atoms with van der Waals surface area (Å²) >= 11 is 0. The number of aliphatic hydroxyl groups excluding tert-OH is 1. The Morgan fingerprint density at radius 3 is 2.60 bits per heavy atom. The third-order valence-corrected chi connectivity index (χ3v) is 2.99. The molecule has 0 spiro atoms. The van der Waals surface area contributed by atoms with E-state index in [4.69, 9.17) is 0 Å². The molecule has 0 aromatic carbocycles. The highest BCUT2D eigenvalue weighted by molar-refractivity contribution is 5.01. The minimum Gasteiger partial charge on any atom is -0.390 e. The maximum Gasteiger partial charge on any atom is 0.0880 e. The molecule has 2 aliphatic rings. The van der Waals surface area contributed by atoms with Crippen molar-refractivity contribution in [2.45, 2.75) is 37.9 Å². The molecule has 0 aromatic heterocycles. The molecular formula is C8H14O2. The van der Waals surface area contributed by atoms with E-state index in [0.29, 0.717) is 0 Å². The van der Waals surface area contributed by atoms with Crippen molar-refractivity contribution in [3.8, 4) is 0 Å². The third kappa shape index (κ3) is 0.867. The Balaban J connectivity index is 2.08. The Bertz CT molecular complexity index is 153. The van der Waals surface area contributed by atoms with Gasteiger partial charge in [0.05, 0.1) is 11.7 Å². The lowest BCUT2D eigenvalue weighted by atomic mass is 9.84. The monoisotopic (exact) mass is 142 g/mol. The summed E-state index contributed by atoms with van der Waals surface area (Å²) in [5.74, 6) is 1.45. The topological polar surface area (TPSA) is 40.5 Å². The van der Waals surface area contributed by atoms with Crippen molar-refractivity contribution in [1.29, 1.82) is 0 Å². The van der Waals surface area contributed by atoms with Crippen LogP contribution in [-0.4, -0.2) is 21.9 Å². The van der Waals surface area contributed by atoms with Gasteiger partial charge in [0, 0.05) is 0 Å². The van der Waals surface area contributed by atoms with Crippen LogP contribution in [0.5, 0.6) is 0 Å². The van der Waals surface area contributed by atoms with Crippen LogP contribution in [0.15, 0.2) is 0 Å². The molecule has 0 heterocycles. The summed E-state index contributed by atoms with van der Waals surface area (Å²) in [7, 11) is 0. The second-order valence-corrected chi connectivity index (χ2v) is 4.07. The van der Waals surface area contributed by atoms with Crippen LogP contribution in [0, 0.1) is 11.8 Å². The lowest BCUT2D eigenvalue weighted by molar-refractivity contribution is -0.0892. The van der Waals surface area contributed by atoms with Crippen LogP contribution in [0.3, 0.4) is 0 Å². The van der Waals surface area contributed by atoms with Gasteiger partial charge in [0.25, 0.3) is 0 Å². The van der Waals surface area contributed by atoms with Crippen molar-refractivity contribution < 1.29 is 10.2 Å². The van der Waals surface area contributed by atoms with E-state index in [1.165, 1.54) is 6.42 Å². The zero-order valence-electron chi connectivity index (χ0n) is 6.25. The lowest BCUT2D eigenvalue weighted by Gasteiger charge is -2.32. The van der Waals surface area contributed by atoms with Crippen molar-refractivity contribution in [2.24, 2.45) is 11.8 Å². The first-order valence-electron chi connectivity index (χ1n) is 4.00. The molecule has 4 atom stereocenters. The molecule has 2 aliphatic carbocycles. The van der Waals surface area contributed by atoms with Crippen LogP contribution < -0.4 is 0 Å². The Labute approximate surface area is 60.9 Å². The first-order valence-corrected chi connectivity index (χ1v) is 4.00. The average Bonchev–Trinajstić information content (AvgIpc) is 2.44. The molecule has 0 unspecified atom stereocenters. The van der Waals surface area contributed by atoms with Gasteiger partial charge in [0.15, 0.2) is 0 Å². The van der Waals surface area contributed by atoms with Gasteiger partial charge in [0.1, 0.15) is 0 Å². The highest BCUT2D eigenvalue weighted by Crippen LogP contribution is 2.52. The molecule has 2 saturated carbocycles. The maximum absolute atomic E-state index is 9.59. The summed E-state index contributed by atoms with van der Waals surface area (Å²) in [6.45, 7) is 1.74. The van der Waals surface area contributed by atoms with E-state index >= 15 is 0 Å². The van der Waals surface area contributed by atoms with Crippen LogP contribution in [0.25, 0.3) is 0 Å². The molecule has 0 saturated heterocycles.